The Hall–Kier alpha value is -7.50. The van der Waals surface area contributed by atoms with E-state index in [0.717, 1.165) is 88.4 Å². The van der Waals surface area contributed by atoms with Crippen LogP contribution in [0.1, 0.15) is 16.7 Å². The molecule has 0 aliphatic heterocycles. The Morgan fingerprint density at radius 1 is 0.482 bits per heavy atom. The van der Waals surface area contributed by atoms with Gasteiger partial charge in [0.15, 0.2) is 5.84 Å². The Labute approximate surface area is 324 Å². The van der Waals surface area contributed by atoms with Crippen molar-refractivity contribution in [2.45, 2.75) is 6.54 Å². The first-order chi connectivity index (χ1) is 27.7. The monoisotopic (exact) mass is 720 g/mol. The predicted octanol–water partition coefficient (Wildman–Crippen LogP) is 12.4. The molecule has 0 aliphatic rings. The van der Waals surface area contributed by atoms with Gasteiger partial charge in [0.2, 0.25) is 0 Å². The topological polar surface area (TPSA) is 68.8 Å². The lowest BCUT2D eigenvalue weighted by Crippen LogP contribution is -2.17. The molecule has 266 valence electrons. The first-order valence-corrected chi connectivity index (χ1v) is 18.8. The van der Waals surface area contributed by atoms with E-state index < -0.39 is 0 Å². The van der Waals surface area contributed by atoms with Crippen LogP contribution in [0, 0.1) is 0 Å². The summed E-state index contributed by atoms with van der Waals surface area (Å²) in [5.41, 5.74) is 19.0. The average Bonchev–Trinajstić information content (AvgIpc) is 3.81. The molecule has 2 N–H and O–H groups in total. The van der Waals surface area contributed by atoms with E-state index in [9.17, 15) is 0 Å². The van der Waals surface area contributed by atoms with Gasteiger partial charge in [0.05, 0.1) is 23.3 Å². The highest BCUT2D eigenvalue weighted by Gasteiger charge is 2.19. The van der Waals surface area contributed by atoms with Crippen molar-refractivity contribution in [1.82, 2.24) is 4.57 Å². The first-order valence-electron chi connectivity index (χ1n) is 18.8. The Kier molecular flexibility index (Phi) is 8.30. The lowest BCUT2D eigenvalue weighted by Gasteiger charge is -2.15. The largest absolute Gasteiger partial charge is 0.456 e. The summed E-state index contributed by atoms with van der Waals surface area (Å²) in [6, 6.07) is 67.1. The Morgan fingerprint density at radius 3 is 2.00 bits per heavy atom. The van der Waals surface area contributed by atoms with E-state index in [2.05, 4.69) is 132 Å². The normalized spacial score (nSPS) is 12.3. The third-order valence-electron chi connectivity index (χ3n) is 10.5. The van der Waals surface area contributed by atoms with Crippen LogP contribution in [-0.4, -0.2) is 16.2 Å². The van der Waals surface area contributed by atoms with E-state index in [-0.39, 0.29) is 0 Å². The van der Waals surface area contributed by atoms with Crippen LogP contribution < -0.4 is 5.73 Å². The molecule has 0 fully saturated rings. The highest BCUT2D eigenvalue weighted by Crippen LogP contribution is 2.38. The van der Waals surface area contributed by atoms with Crippen LogP contribution in [0.5, 0.6) is 0 Å². The second-order valence-corrected chi connectivity index (χ2v) is 14.0. The molecule has 0 amide bonds. The molecule has 2 aromatic heterocycles. The third kappa shape index (κ3) is 6.02. The van der Waals surface area contributed by atoms with Gasteiger partial charge in [-0.15, -0.1) is 0 Å². The minimum Gasteiger partial charge on any atom is -0.456 e. The van der Waals surface area contributed by atoms with E-state index in [1.54, 1.807) is 0 Å². The van der Waals surface area contributed by atoms with Crippen molar-refractivity contribution in [2.75, 3.05) is 0 Å². The molecule has 0 radical (unpaired) electrons. The van der Waals surface area contributed by atoms with Crippen molar-refractivity contribution in [3.8, 4) is 27.9 Å². The molecule has 0 atom stereocenters. The Morgan fingerprint density at radius 2 is 1.12 bits per heavy atom. The van der Waals surface area contributed by atoms with Gasteiger partial charge in [-0.25, -0.2) is 4.99 Å². The zero-order valence-corrected chi connectivity index (χ0v) is 30.5. The van der Waals surface area contributed by atoms with Crippen LogP contribution in [-0.2, 0) is 6.54 Å². The summed E-state index contributed by atoms with van der Waals surface area (Å²) in [6.07, 6.45) is 0. The number of amidine groups is 2. The number of fused-ring (bicyclic) bond motifs is 6. The molecule has 0 saturated heterocycles. The smallest absolute Gasteiger partial charge is 0.159 e. The molecule has 5 heteroatoms. The van der Waals surface area contributed by atoms with Crippen LogP contribution in [0.25, 0.3) is 71.7 Å². The maximum absolute atomic E-state index is 6.88. The number of hydrogen-bond acceptors (Lipinski definition) is 2. The van der Waals surface area contributed by atoms with E-state index in [1.165, 1.54) is 0 Å². The maximum atomic E-state index is 6.88. The zero-order valence-electron chi connectivity index (χ0n) is 30.5. The molecule has 5 nitrogen and oxygen atoms in total. The minimum atomic E-state index is 0.401. The fourth-order valence-electron chi connectivity index (χ4n) is 7.77. The summed E-state index contributed by atoms with van der Waals surface area (Å²) in [5, 5.41) is 4.56. The second kappa shape index (κ2) is 14.0. The lowest BCUT2D eigenvalue weighted by molar-refractivity contribution is 0.669. The molecule has 10 rings (SSSR count). The van der Waals surface area contributed by atoms with Gasteiger partial charge in [-0.05, 0) is 82.4 Å². The van der Waals surface area contributed by atoms with Crippen molar-refractivity contribution in [2.24, 2.45) is 15.7 Å². The van der Waals surface area contributed by atoms with Crippen LogP contribution in [0.2, 0.25) is 0 Å². The van der Waals surface area contributed by atoms with Crippen LogP contribution in [0.3, 0.4) is 0 Å². The van der Waals surface area contributed by atoms with Gasteiger partial charge >= 0.3 is 0 Å². The molecule has 56 heavy (non-hydrogen) atoms. The predicted molar refractivity (Wildman–Crippen MR) is 233 cm³/mol. The number of nitrogens with two attached hydrogens (primary N) is 1. The van der Waals surface area contributed by atoms with Crippen molar-refractivity contribution < 1.29 is 4.42 Å². The highest BCUT2D eigenvalue weighted by atomic mass is 16.3. The zero-order chi connectivity index (χ0) is 37.4. The molecule has 10 aromatic rings. The second-order valence-electron chi connectivity index (χ2n) is 14.0. The number of benzene rings is 8. The van der Waals surface area contributed by atoms with Gasteiger partial charge in [0.1, 0.15) is 17.0 Å². The number of para-hydroxylation sites is 3. The molecule has 0 saturated carbocycles. The highest BCUT2D eigenvalue weighted by molar-refractivity contribution is 6.15. The molecular weight excluding hydrogens is 685 g/mol. The van der Waals surface area contributed by atoms with Crippen LogP contribution in [0.4, 0.5) is 0 Å². The summed E-state index contributed by atoms with van der Waals surface area (Å²) in [5.74, 6) is 0.964. The van der Waals surface area contributed by atoms with Gasteiger partial charge in [-0.2, -0.15) is 0 Å². The van der Waals surface area contributed by atoms with Gasteiger partial charge in [-0.1, -0.05) is 140 Å². The summed E-state index contributed by atoms with van der Waals surface area (Å²) in [4.78, 5) is 10.3. The summed E-state index contributed by atoms with van der Waals surface area (Å²) < 4.78 is 8.59. The molecule has 0 spiro atoms. The number of furan rings is 1. The fraction of sp³-hybridized carbons (Fsp3) is 0.0196. The van der Waals surface area contributed by atoms with Gasteiger partial charge < -0.3 is 14.7 Å². The summed E-state index contributed by atoms with van der Waals surface area (Å²) in [7, 11) is 0. The summed E-state index contributed by atoms with van der Waals surface area (Å²) >= 11 is 0. The van der Waals surface area contributed by atoms with Crippen LogP contribution >= 0.6 is 0 Å². The number of rotatable bonds is 7. The van der Waals surface area contributed by atoms with Crippen molar-refractivity contribution in [1.29, 1.82) is 0 Å². The Bertz CT molecular complexity index is 3120. The number of aromatic nitrogens is 1. The van der Waals surface area contributed by atoms with Crippen molar-refractivity contribution >= 4 is 55.4 Å². The van der Waals surface area contributed by atoms with Gasteiger partial charge in [0, 0.05) is 32.7 Å². The van der Waals surface area contributed by atoms with E-state index in [1.807, 2.05) is 66.7 Å². The number of hydrogen-bond donors (Lipinski definition) is 1. The van der Waals surface area contributed by atoms with Gasteiger partial charge in [0.25, 0.3) is 0 Å². The fourth-order valence-corrected chi connectivity index (χ4v) is 7.77. The lowest BCUT2D eigenvalue weighted by atomic mass is 10.0. The molecular formula is C51H36N4O. The van der Waals surface area contributed by atoms with Crippen LogP contribution in [0.15, 0.2) is 209 Å². The van der Waals surface area contributed by atoms with Crippen molar-refractivity contribution in [3.63, 3.8) is 0 Å². The van der Waals surface area contributed by atoms with Gasteiger partial charge in [-0.3, -0.25) is 4.99 Å². The standard InChI is InChI=1S/C51H36N4O/c52-50(39-19-13-18-36(30-39)35-16-5-2-6-17-35)54-51(53-33-34-14-3-1-4-15-34)43-22-8-11-24-46(43)55-45-23-10-7-20-40(45)44-31-37(27-29-47(44)55)38-26-28-42-41-21-9-12-25-48(41)56-49(42)32-38/h1-32H,33H2,(H2,52,53,54). The number of nitrogens with zero attached hydrogens (tertiary/aromatic N) is 3. The molecule has 0 bridgehead atoms. The van der Waals surface area contributed by atoms with Crippen molar-refractivity contribution in [3.05, 3.63) is 211 Å². The maximum Gasteiger partial charge on any atom is 0.159 e. The molecule has 0 unspecified atom stereocenters. The van der Waals surface area contributed by atoms with E-state index in [0.29, 0.717) is 18.2 Å². The quantitative estimate of drug-likeness (QED) is 0.132. The molecule has 2 heterocycles. The SMILES string of the molecule is NC(=NC(=NCc1ccccc1)c1ccccc1-n1c2ccccc2c2cc(-c3ccc4c(c3)oc3ccccc34)ccc21)c1cccc(-c2ccccc2)c1. The average molecular weight is 721 g/mol. The molecule has 0 aliphatic carbocycles. The minimum absolute atomic E-state index is 0.401. The molecule has 8 aromatic carbocycles. The third-order valence-corrected chi connectivity index (χ3v) is 10.5. The summed E-state index contributed by atoms with van der Waals surface area (Å²) in [6.45, 7) is 0.456. The van der Waals surface area contributed by atoms with E-state index in [4.69, 9.17) is 20.1 Å². The Balaban J connectivity index is 1.11. The number of aliphatic imine (C=N–C) groups is 2. The first kappa shape index (κ1) is 33.1. The van der Waals surface area contributed by atoms with E-state index >= 15 is 0 Å².